The number of rotatable bonds is 8. The molecule has 1 aromatic carbocycles. The second-order valence-corrected chi connectivity index (χ2v) is 8.42. The fraction of sp³-hybridized carbons (Fsp3) is 0.400. The van der Waals surface area contributed by atoms with Crippen molar-refractivity contribution in [3.05, 3.63) is 45.1 Å². The average molecular weight is 425 g/mol. The second kappa shape index (κ2) is 9.80. The van der Waals surface area contributed by atoms with Gasteiger partial charge in [-0.3, -0.25) is 9.59 Å². The van der Waals surface area contributed by atoms with Crippen molar-refractivity contribution in [2.45, 2.75) is 32.9 Å². The van der Waals surface area contributed by atoms with Crippen molar-refractivity contribution in [3.63, 3.8) is 0 Å². The molecule has 0 bridgehead atoms. The molecule has 0 saturated heterocycles. The van der Waals surface area contributed by atoms with Gasteiger partial charge >= 0.3 is 0 Å². The third-order valence-corrected chi connectivity index (χ3v) is 5.64. The Morgan fingerprint density at radius 2 is 1.61 bits per heavy atom. The highest BCUT2D eigenvalue weighted by molar-refractivity contribution is 7.16. The number of hydrogen-bond acceptors (Lipinski definition) is 5. The van der Waals surface area contributed by atoms with Gasteiger partial charge in [0.15, 0.2) is 0 Å². The fourth-order valence-corrected chi connectivity index (χ4v) is 3.70. The van der Waals surface area contributed by atoms with E-state index < -0.39 is 6.04 Å². The Bertz CT molecular complexity index is 815. The number of thiophene rings is 1. The molecule has 8 heteroatoms. The van der Waals surface area contributed by atoms with E-state index in [4.69, 9.17) is 21.1 Å². The van der Waals surface area contributed by atoms with E-state index in [1.54, 1.807) is 24.3 Å². The van der Waals surface area contributed by atoms with E-state index >= 15 is 0 Å². The average Bonchev–Trinajstić information content (AvgIpc) is 3.11. The predicted molar refractivity (Wildman–Crippen MR) is 112 cm³/mol. The molecule has 0 saturated carbocycles. The molecule has 0 fully saturated rings. The largest absolute Gasteiger partial charge is 0.497 e. The van der Waals surface area contributed by atoms with Crippen LogP contribution in [-0.4, -0.2) is 32.1 Å². The molecule has 2 atom stereocenters. The molecule has 6 nitrogen and oxygen atoms in total. The number of benzene rings is 1. The Labute approximate surface area is 174 Å². The Kier molecular flexibility index (Phi) is 7.71. The van der Waals surface area contributed by atoms with Crippen LogP contribution in [-0.2, 0) is 4.79 Å². The lowest BCUT2D eigenvalue weighted by Gasteiger charge is -2.24. The molecule has 2 amide bonds. The number of methoxy groups -OCH3 is 2. The molecule has 152 valence electrons. The van der Waals surface area contributed by atoms with Crippen molar-refractivity contribution in [1.82, 2.24) is 10.6 Å². The van der Waals surface area contributed by atoms with Crippen LogP contribution in [0.4, 0.5) is 0 Å². The summed E-state index contributed by atoms with van der Waals surface area (Å²) < 4.78 is 11.1. The van der Waals surface area contributed by atoms with E-state index in [1.807, 2.05) is 26.8 Å². The summed E-state index contributed by atoms with van der Waals surface area (Å²) in [4.78, 5) is 26.5. The SMILES string of the molecule is COc1cc(OC)cc(C(=O)NC(C(=O)NC(C)c2ccc(Cl)s2)C(C)C)c1. The van der Waals surface area contributed by atoms with Crippen LogP contribution in [0.5, 0.6) is 11.5 Å². The van der Waals surface area contributed by atoms with Crippen molar-refractivity contribution < 1.29 is 19.1 Å². The molecule has 1 aromatic heterocycles. The van der Waals surface area contributed by atoms with Crippen LogP contribution >= 0.6 is 22.9 Å². The Balaban J connectivity index is 2.13. The molecule has 0 aliphatic heterocycles. The smallest absolute Gasteiger partial charge is 0.252 e. The fourth-order valence-electron chi connectivity index (χ4n) is 2.63. The standard InChI is InChI=1S/C20H25ClN2O4S/c1-11(2)18(20(25)22-12(3)16-6-7-17(21)28-16)23-19(24)13-8-14(26-4)10-15(9-13)27-5/h6-12,18H,1-5H3,(H,22,25)(H,23,24). The van der Waals surface area contributed by atoms with Crippen LogP contribution in [0.3, 0.4) is 0 Å². The minimum Gasteiger partial charge on any atom is -0.497 e. The Morgan fingerprint density at radius 1 is 1.00 bits per heavy atom. The van der Waals surface area contributed by atoms with Gasteiger partial charge in [-0.25, -0.2) is 0 Å². The number of carbonyl (C=O) groups excluding carboxylic acids is 2. The van der Waals surface area contributed by atoms with Crippen molar-refractivity contribution in [1.29, 1.82) is 0 Å². The number of amides is 2. The number of nitrogens with one attached hydrogen (secondary N) is 2. The topological polar surface area (TPSA) is 76.7 Å². The van der Waals surface area contributed by atoms with Gasteiger partial charge in [0.1, 0.15) is 17.5 Å². The van der Waals surface area contributed by atoms with Crippen LogP contribution in [0.1, 0.15) is 42.0 Å². The summed E-state index contributed by atoms with van der Waals surface area (Å²) in [5.41, 5.74) is 0.354. The summed E-state index contributed by atoms with van der Waals surface area (Å²) >= 11 is 7.38. The molecule has 0 aliphatic carbocycles. The summed E-state index contributed by atoms with van der Waals surface area (Å²) in [7, 11) is 3.03. The zero-order valence-corrected chi connectivity index (χ0v) is 18.1. The van der Waals surface area contributed by atoms with Gasteiger partial charge in [0.2, 0.25) is 5.91 Å². The number of hydrogen-bond donors (Lipinski definition) is 2. The predicted octanol–water partition coefficient (Wildman–Crippen LogP) is 4.05. The molecule has 0 radical (unpaired) electrons. The first-order valence-electron chi connectivity index (χ1n) is 8.84. The molecular weight excluding hydrogens is 400 g/mol. The van der Waals surface area contributed by atoms with E-state index in [1.165, 1.54) is 25.6 Å². The third-order valence-electron chi connectivity index (χ3n) is 4.23. The molecule has 0 spiro atoms. The zero-order valence-electron chi connectivity index (χ0n) is 16.5. The van der Waals surface area contributed by atoms with Crippen LogP contribution in [0.15, 0.2) is 30.3 Å². The van der Waals surface area contributed by atoms with Gasteiger partial charge in [-0.2, -0.15) is 0 Å². The normalized spacial score (nSPS) is 13.0. The van der Waals surface area contributed by atoms with E-state index in [9.17, 15) is 9.59 Å². The summed E-state index contributed by atoms with van der Waals surface area (Å²) in [5.74, 6) is 0.264. The first-order chi connectivity index (χ1) is 13.2. The van der Waals surface area contributed by atoms with Crippen molar-refractivity contribution in [2.24, 2.45) is 5.92 Å². The van der Waals surface area contributed by atoms with E-state index in [2.05, 4.69) is 10.6 Å². The highest BCUT2D eigenvalue weighted by Gasteiger charge is 2.26. The summed E-state index contributed by atoms with van der Waals surface area (Å²) in [6.45, 7) is 5.64. The lowest BCUT2D eigenvalue weighted by molar-refractivity contribution is -0.124. The number of halogens is 1. The lowest BCUT2D eigenvalue weighted by Crippen LogP contribution is -2.50. The van der Waals surface area contributed by atoms with Crippen molar-refractivity contribution >= 4 is 34.8 Å². The van der Waals surface area contributed by atoms with Crippen LogP contribution < -0.4 is 20.1 Å². The maximum atomic E-state index is 12.8. The van der Waals surface area contributed by atoms with Crippen LogP contribution in [0.25, 0.3) is 0 Å². The number of ether oxygens (including phenoxy) is 2. The van der Waals surface area contributed by atoms with Gasteiger partial charge in [-0.1, -0.05) is 25.4 Å². The van der Waals surface area contributed by atoms with E-state index in [0.29, 0.717) is 21.4 Å². The zero-order chi connectivity index (χ0) is 20.8. The van der Waals surface area contributed by atoms with Gasteiger partial charge in [-0.05, 0) is 37.1 Å². The lowest BCUT2D eigenvalue weighted by atomic mass is 10.0. The Hall–Kier alpha value is -2.25. The first-order valence-corrected chi connectivity index (χ1v) is 10.0. The molecule has 0 aliphatic rings. The van der Waals surface area contributed by atoms with Crippen LogP contribution in [0.2, 0.25) is 4.34 Å². The quantitative estimate of drug-likeness (QED) is 0.670. The van der Waals surface area contributed by atoms with Crippen LogP contribution in [0, 0.1) is 5.92 Å². The van der Waals surface area contributed by atoms with E-state index in [-0.39, 0.29) is 23.8 Å². The monoisotopic (exact) mass is 424 g/mol. The van der Waals surface area contributed by atoms with Crippen molar-refractivity contribution in [3.8, 4) is 11.5 Å². The van der Waals surface area contributed by atoms with E-state index in [0.717, 1.165) is 4.88 Å². The molecule has 28 heavy (non-hydrogen) atoms. The minimum atomic E-state index is -0.692. The summed E-state index contributed by atoms with van der Waals surface area (Å²) in [6.07, 6.45) is 0. The highest BCUT2D eigenvalue weighted by atomic mass is 35.5. The Morgan fingerprint density at radius 3 is 2.07 bits per heavy atom. The van der Waals surface area contributed by atoms with Gasteiger partial charge in [0.25, 0.3) is 5.91 Å². The third kappa shape index (κ3) is 5.62. The van der Waals surface area contributed by atoms with Gasteiger partial charge in [0, 0.05) is 16.5 Å². The van der Waals surface area contributed by atoms with Gasteiger partial charge in [0.05, 0.1) is 24.6 Å². The van der Waals surface area contributed by atoms with Gasteiger partial charge < -0.3 is 20.1 Å². The number of carbonyl (C=O) groups is 2. The molecule has 2 unspecified atom stereocenters. The van der Waals surface area contributed by atoms with Crippen molar-refractivity contribution in [2.75, 3.05) is 14.2 Å². The second-order valence-electron chi connectivity index (χ2n) is 6.67. The highest BCUT2D eigenvalue weighted by Crippen LogP contribution is 2.27. The molecule has 2 N–H and O–H groups in total. The molecule has 2 rings (SSSR count). The minimum absolute atomic E-state index is 0.101. The first kappa shape index (κ1) is 22.0. The maximum Gasteiger partial charge on any atom is 0.252 e. The summed E-state index contributed by atoms with van der Waals surface area (Å²) in [5, 5.41) is 5.75. The van der Waals surface area contributed by atoms with Gasteiger partial charge in [-0.15, -0.1) is 11.3 Å². The maximum absolute atomic E-state index is 12.8. The summed E-state index contributed by atoms with van der Waals surface area (Å²) in [6, 6.07) is 7.65. The molecule has 2 aromatic rings. The molecular formula is C20H25ClN2O4S. The molecule has 1 heterocycles.